The largest absolute Gasteiger partial charge is 0.478 e. The molecule has 1 heterocycles. The molecule has 2 aromatic rings. The van der Waals surface area contributed by atoms with Crippen LogP contribution in [0, 0.1) is 5.92 Å². The van der Waals surface area contributed by atoms with E-state index in [9.17, 15) is 4.79 Å². The van der Waals surface area contributed by atoms with E-state index in [1.807, 2.05) is 6.07 Å². The number of hydrogen-bond donors (Lipinski definition) is 1. The number of aromatic carboxylic acids is 1. The molecule has 1 N–H and O–H groups in total. The maximum atomic E-state index is 11.1. The molecule has 3 rings (SSSR count). The predicted octanol–water partition coefficient (Wildman–Crippen LogP) is 4.50. The Balaban J connectivity index is 1.65. The van der Waals surface area contributed by atoms with Gasteiger partial charge in [0.25, 0.3) is 0 Å². The van der Waals surface area contributed by atoms with Gasteiger partial charge in [-0.15, -0.1) is 0 Å². The molecule has 0 aromatic heterocycles. The molecule has 0 spiro atoms. The van der Waals surface area contributed by atoms with Crippen LogP contribution in [0.1, 0.15) is 28.8 Å². The van der Waals surface area contributed by atoms with Crippen LogP contribution >= 0.6 is 11.6 Å². The Labute approximate surface area is 141 Å². The molecule has 1 aliphatic heterocycles. The van der Waals surface area contributed by atoms with E-state index in [2.05, 4.69) is 29.2 Å². The van der Waals surface area contributed by atoms with Crippen molar-refractivity contribution in [3.63, 3.8) is 0 Å². The highest BCUT2D eigenvalue weighted by molar-refractivity contribution is 6.33. The first-order valence-corrected chi connectivity index (χ1v) is 8.33. The number of carboxylic acids is 1. The van der Waals surface area contributed by atoms with Gasteiger partial charge >= 0.3 is 5.97 Å². The van der Waals surface area contributed by atoms with Crippen LogP contribution in [0.3, 0.4) is 0 Å². The average Bonchev–Trinajstić information content (AvgIpc) is 2.57. The van der Waals surface area contributed by atoms with Gasteiger partial charge < -0.3 is 10.0 Å². The smallest absolute Gasteiger partial charge is 0.335 e. The lowest BCUT2D eigenvalue weighted by atomic mass is 9.90. The van der Waals surface area contributed by atoms with Gasteiger partial charge in [-0.1, -0.05) is 41.9 Å². The minimum absolute atomic E-state index is 0.288. The number of piperidine rings is 1. The number of rotatable bonds is 4. The first-order valence-electron chi connectivity index (χ1n) is 7.95. The van der Waals surface area contributed by atoms with E-state index in [0.29, 0.717) is 10.9 Å². The molecule has 23 heavy (non-hydrogen) atoms. The van der Waals surface area contributed by atoms with Gasteiger partial charge in [0.2, 0.25) is 0 Å². The number of hydrogen-bond acceptors (Lipinski definition) is 2. The minimum Gasteiger partial charge on any atom is -0.478 e. The fourth-order valence-electron chi connectivity index (χ4n) is 3.21. The summed E-state index contributed by atoms with van der Waals surface area (Å²) in [4.78, 5) is 13.3. The van der Waals surface area contributed by atoms with Crippen LogP contribution in [0.25, 0.3) is 0 Å². The van der Waals surface area contributed by atoms with E-state index in [0.717, 1.165) is 38.0 Å². The van der Waals surface area contributed by atoms with E-state index in [-0.39, 0.29) is 5.56 Å². The van der Waals surface area contributed by atoms with E-state index in [4.69, 9.17) is 16.7 Å². The van der Waals surface area contributed by atoms with Crippen LogP contribution in [0.15, 0.2) is 48.5 Å². The summed E-state index contributed by atoms with van der Waals surface area (Å²) in [7, 11) is 0. The average molecular weight is 330 g/mol. The second kappa shape index (κ2) is 7.05. The SMILES string of the molecule is O=C(O)c1ccc(Cl)c(N2CCC(Cc3ccccc3)CC2)c1. The molecule has 3 nitrogen and oxygen atoms in total. The third-order valence-electron chi connectivity index (χ3n) is 4.52. The Morgan fingerprint density at radius 1 is 1.13 bits per heavy atom. The van der Waals surface area contributed by atoms with E-state index in [1.165, 1.54) is 5.56 Å². The van der Waals surface area contributed by atoms with E-state index >= 15 is 0 Å². The molecule has 4 heteroatoms. The summed E-state index contributed by atoms with van der Waals surface area (Å²) in [6.07, 6.45) is 3.31. The first kappa shape index (κ1) is 15.9. The standard InChI is InChI=1S/C19H20ClNO2/c20-17-7-6-16(19(22)23)13-18(17)21-10-8-15(9-11-21)12-14-4-2-1-3-5-14/h1-7,13,15H,8-12H2,(H,22,23). The van der Waals surface area contributed by atoms with Gasteiger partial charge in [-0.3, -0.25) is 0 Å². The number of carbonyl (C=O) groups is 1. The summed E-state index contributed by atoms with van der Waals surface area (Å²) < 4.78 is 0. The molecule has 0 bridgehead atoms. The van der Waals surface area contributed by atoms with Gasteiger partial charge in [-0.2, -0.15) is 0 Å². The molecule has 0 atom stereocenters. The fraction of sp³-hybridized carbons (Fsp3) is 0.316. The monoisotopic (exact) mass is 329 g/mol. The Morgan fingerprint density at radius 3 is 2.48 bits per heavy atom. The number of halogens is 1. The molecule has 0 amide bonds. The lowest BCUT2D eigenvalue weighted by molar-refractivity contribution is 0.0697. The van der Waals surface area contributed by atoms with Crippen molar-refractivity contribution in [2.45, 2.75) is 19.3 Å². The molecule has 1 aliphatic rings. The minimum atomic E-state index is -0.915. The highest BCUT2D eigenvalue weighted by atomic mass is 35.5. The zero-order valence-corrected chi connectivity index (χ0v) is 13.7. The summed E-state index contributed by atoms with van der Waals surface area (Å²) >= 11 is 6.27. The highest BCUT2D eigenvalue weighted by Crippen LogP contribution is 2.31. The van der Waals surface area contributed by atoms with Crippen molar-refractivity contribution in [2.75, 3.05) is 18.0 Å². The van der Waals surface area contributed by atoms with Crippen LogP contribution in [-0.4, -0.2) is 24.2 Å². The van der Waals surface area contributed by atoms with Gasteiger partial charge in [-0.05, 0) is 48.9 Å². The van der Waals surface area contributed by atoms with Crippen molar-refractivity contribution in [3.8, 4) is 0 Å². The Kier molecular flexibility index (Phi) is 4.87. The quantitative estimate of drug-likeness (QED) is 0.898. The Hall–Kier alpha value is -2.00. The summed E-state index contributed by atoms with van der Waals surface area (Å²) in [6, 6.07) is 15.5. The van der Waals surface area contributed by atoms with E-state index in [1.54, 1.807) is 18.2 Å². The molecule has 0 radical (unpaired) electrons. The van der Waals surface area contributed by atoms with Gasteiger partial charge in [0.1, 0.15) is 0 Å². The molecule has 0 aliphatic carbocycles. The molecule has 120 valence electrons. The molecule has 2 aromatic carbocycles. The van der Waals surface area contributed by atoms with Gasteiger partial charge in [-0.25, -0.2) is 4.79 Å². The lowest BCUT2D eigenvalue weighted by Gasteiger charge is -2.34. The van der Waals surface area contributed by atoms with E-state index < -0.39 is 5.97 Å². The summed E-state index contributed by atoms with van der Waals surface area (Å²) in [6.45, 7) is 1.83. The van der Waals surface area contributed by atoms with Gasteiger partial charge in [0.05, 0.1) is 16.3 Å². The zero-order chi connectivity index (χ0) is 16.2. The van der Waals surface area contributed by atoms with Crippen molar-refractivity contribution in [3.05, 3.63) is 64.7 Å². The Morgan fingerprint density at radius 2 is 1.83 bits per heavy atom. The number of benzene rings is 2. The predicted molar refractivity (Wildman–Crippen MR) is 93.5 cm³/mol. The van der Waals surface area contributed by atoms with Crippen molar-refractivity contribution in [1.82, 2.24) is 0 Å². The second-order valence-corrected chi connectivity index (χ2v) is 6.50. The molecule has 0 saturated carbocycles. The zero-order valence-electron chi connectivity index (χ0n) is 12.9. The normalized spacial score (nSPS) is 15.6. The topological polar surface area (TPSA) is 40.5 Å². The maximum Gasteiger partial charge on any atom is 0.335 e. The Bertz CT molecular complexity index is 679. The molecular formula is C19H20ClNO2. The number of carboxylic acid groups (broad SMARTS) is 1. The van der Waals surface area contributed by atoms with Crippen molar-refractivity contribution < 1.29 is 9.90 Å². The highest BCUT2D eigenvalue weighted by Gasteiger charge is 2.21. The summed E-state index contributed by atoms with van der Waals surface area (Å²) in [5.74, 6) is -0.239. The third kappa shape index (κ3) is 3.85. The molecule has 1 fully saturated rings. The third-order valence-corrected chi connectivity index (χ3v) is 4.84. The van der Waals surface area contributed by atoms with Crippen molar-refractivity contribution in [1.29, 1.82) is 0 Å². The fourth-order valence-corrected chi connectivity index (χ4v) is 3.45. The molecule has 1 saturated heterocycles. The van der Waals surface area contributed by atoms with Crippen molar-refractivity contribution in [2.24, 2.45) is 5.92 Å². The van der Waals surface area contributed by atoms with Crippen molar-refractivity contribution >= 4 is 23.3 Å². The van der Waals surface area contributed by atoms with Crippen LogP contribution < -0.4 is 4.90 Å². The van der Waals surface area contributed by atoms with Gasteiger partial charge in [0, 0.05) is 13.1 Å². The van der Waals surface area contributed by atoms with Gasteiger partial charge in [0.15, 0.2) is 0 Å². The number of nitrogens with zero attached hydrogens (tertiary/aromatic N) is 1. The molecular weight excluding hydrogens is 310 g/mol. The lowest BCUT2D eigenvalue weighted by Crippen LogP contribution is -2.34. The van der Waals surface area contributed by atoms with Crippen LogP contribution in [0.4, 0.5) is 5.69 Å². The number of anilines is 1. The summed E-state index contributed by atoms with van der Waals surface area (Å²) in [5.41, 5.74) is 2.51. The van der Waals surface area contributed by atoms with Crippen LogP contribution in [0.5, 0.6) is 0 Å². The van der Waals surface area contributed by atoms with Crippen LogP contribution in [-0.2, 0) is 6.42 Å². The van der Waals surface area contributed by atoms with Crippen LogP contribution in [0.2, 0.25) is 5.02 Å². The first-order chi connectivity index (χ1) is 11.1. The maximum absolute atomic E-state index is 11.1. The molecule has 0 unspecified atom stereocenters. The summed E-state index contributed by atoms with van der Waals surface area (Å²) in [5, 5.41) is 9.76. The second-order valence-electron chi connectivity index (χ2n) is 6.09.